The molecule has 2 aromatic heterocycles. The lowest BCUT2D eigenvalue weighted by molar-refractivity contribution is 0.0953. The summed E-state index contributed by atoms with van der Waals surface area (Å²) in [6.07, 6.45) is 0.693. The van der Waals surface area contributed by atoms with E-state index in [1.54, 1.807) is 24.3 Å². The van der Waals surface area contributed by atoms with E-state index in [9.17, 15) is 9.59 Å². The molecular weight excluding hydrogens is 400 g/mol. The summed E-state index contributed by atoms with van der Waals surface area (Å²) in [7, 11) is 0. The standard InChI is InChI=1S/C18H17ClN6O2S/c19-10-2-3-11-12(8-10)24-18(23-11)28-14-7-9(16(26)21-5-1-4-20)6-13-15(14)25-17(27)22-13/h2-3,6-8H,1,4-5,20H2,(H,21,26)(H,23,24)(H2,22,25,27). The van der Waals surface area contributed by atoms with Gasteiger partial charge in [0.15, 0.2) is 5.16 Å². The Morgan fingerprint density at radius 1 is 1.18 bits per heavy atom. The first-order valence-electron chi connectivity index (χ1n) is 8.61. The largest absolute Gasteiger partial charge is 0.352 e. The number of H-pyrrole nitrogens is 3. The molecule has 0 saturated carbocycles. The van der Waals surface area contributed by atoms with Crippen LogP contribution in [0.3, 0.4) is 0 Å². The number of fused-ring (bicyclic) bond motifs is 2. The molecule has 0 saturated heterocycles. The molecule has 0 radical (unpaired) electrons. The van der Waals surface area contributed by atoms with Crippen molar-refractivity contribution in [3.63, 3.8) is 0 Å². The third-order valence-electron chi connectivity index (χ3n) is 4.15. The van der Waals surface area contributed by atoms with Crippen LogP contribution in [0.5, 0.6) is 0 Å². The molecule has 144 valence electrons. The van der Waals surface area contributed by atoms with E-state index in [4.69, 9.17) is 17.3 Å². The van der Waals surface area contributed by atoms with E-state index in [0.717, 1.165) is 11.0 Å². The Bertz CT molecular complexity index is 1230. The number of carbonyl (C=O) groups excluding carboxylic acids is 1. The van der Waals surface area contributed by atoms with Crippen LogP contribution in [0.25, 0.3) is 22.1 Å². The zero-order valence-electron chi connectivity index (χ0n) is 14.6. The lowest BCUT2D eigenvalue weighted by Gasteiger charge is -2.07. The van der Waals surface area contributed by atoms with Crippen molar-refractivity contribution in [3.05, 3.63) is 51.4 Å². The second kappa shape index (κ2) is 7.70. The second-order valence-electron chi connectivity index (χ2n) is 6.18. The predicted octanol–water partition coefficient (Wildman–Crippen LogP) is 2.62. The molecule has 4 aromatic rings. The van der Waals surface area contributed by atoms with Gasteiger partial charge in [-0.3, -0.25) is 4.79 Å². The van der Waals surface area contributed by atoms with Crippen LogP contribution >= 0.6 is 23.4 Å². The molecule has 0 fully saturated rings. The van der Waals surface area contributed by atoms with Crippen LogP contribution in [-0.2, 0) is 0 Å². The number of halogens is 1. The lowest BCUT2D eigenvalue weighted by Crippen LogP contribution is -2.25. The van der Waals surface area contributed by atoms with Crippen molar-refractivity contribution in [1.29, 1.82) is 0 Å². The number of nitrogens with two attached hydrogens (primary N) is 1. The Hall–Kier alpha value is -2.75. The molecule has 0 aliphatic heterocycles. The molecule has 0 aliphatic carbocycles. The number of nitrogens with zero attached hydrogens (tertiary/aromatic N) is 1. The molecule has 0 spiro atoms. The molecular formula is C18H17ClN6O2S. The number of imidazole rings is 2. The maximum absolute atomic E-state index is 12.5. The summed E-state index contributed by atoms with van der Waals surface area (Å²) < 4.78 is 0. The molecule has 2 heterocycles. The molecule has 0 aliphatic rings. The van der Waals surface area contributed by atoms with Crippen molar-refractivity contribution in [2.45, 2.75) is 16.5 Å². The summed E-state index contributed by atoms with van der Waals surface area (Å²) >= 11 is 7.35. The van der Waals surface area contributed by atoms with Crippen LogP contribution in [0.1, 0.15) is 16.8 Å². The highest BCUT2D eigenvalue weighted by atomic mass is 35.5. The minimum atomic E-state index is -0.339. The van der Waals surface area contributed by atoms with Crippen LogP contribution in [0.15, 0.2) is 45.2 Å². The van der Waals surface area contributed by atoms with Crippen LogP contribution < -0.4 is 16.7 Å². The van der Waals surface area contributed by atoms with Crippen molar-refractivity contribution in [3.8, 4) is 0 Å². The van der Waals surface area contributed by atoms with Gasteiger partial charge in [-0.1, -0.05) is 11.6 Å². The fraction of sp³-hybridized carbons (Fsp3) is 0.167. The maximum Gasteiger partial charge on any atom is 0.323 e. The number of aromatic amines is 3. The number of carbonyl (C=O) groups is 1. The van der Waals surface area contributed by atoms with E-state index >= 15 is 0 Å². The van der Waals surface area contributed by atoms with E-state index in [-0.39, 0.29) is 11.6 Å². The number of hydrogen-bond donors (Lipinski definition) is 5. The van der Waals surface area contributed by atoms with Gasteiger partial charge in [-0.2, -0.15) is 0 Å². The molecule has 8 nitrogen and oxygen atoms in total. The number of rotatable bonds is 6. The van der Waals surface area contributed by atoms with E-state index in [0.29, 0.717) is 51.2 Å². The summed E-state index contributed by atoms with van der Waals surface area (Å²) in [6, 6.07) is 8.77. The van der Waals surface area contributed by atoms with Gasteiger partial charge in [-0.05, 0) is 55.1 Å². The molecule has 1 amide bonds. The average Bonchev–Trinajstić information content (AvgIpc) is 3.23. The van der Waals surface area contributed by atoms with Gasteiger partial charge in [0.25, 0.3) is 5.91 Å². The maximum atomic E-state index is 12.5. The summed E-state index contributed by atoms with van der Waals surface area (Å²) in [6.45, 7) is 0.992. The van der Waals surface area contributed by atoms with Crippen molar-refractivity contribution < 1.29 is 4.79 Å². The highest BCUT2D eigenvalue weighted by Crippen LogP contribution is 2.33. The Morgan fingerprint density at radius 2 is 2.04 bits per heavy atom. The zero-order chi connectivity index (χ0) is 19.7. The Balaban J connectivity index is 1.71. The molecule has 2 aromatic carbocycles. The number of nitrogens with one attached hydrogen (secondary N) is 4. The minimum Gasteiger partial charge on any atom is -0.352 e. The number of hydrogen-bond acceptors (Lipinski definition) is 5. The zero-order valence-corrected chi connectivity index (χ0v) is 16.2. The Kier molecular flexibility index (Phi) is 5.12. The van der Waals surface area contributed by atoms with Gasteiger partial charge < -0.3 is 26.0 Å². The van der Waals surface area contributed by atoms with Crippen LogP contribution in [0.4, 0.5) is 0 Å². The van der Waals surface area contributed by atoms with Crippen molar-refractivity contribution in [1.82, 2.24) is 25.3 Å². The smallest absolute Gasteiger partial charge is 0.323 e. The Morgan fingerprint density at radius 3 is 2.86 bits per heavy atom. The van der Waals surface area contributed by atoms with Crippen molar-refractivity contribution in [2.24, 2.45) is 5.73 Å². The number of aromatic nitrogens is 4. The normalized spacial score (nSPS) is 11.4. The fourth-order valence-corrected chi connectivity index (χ4v) is 3.97. The topological polar surface area (TPSA) is 132 Å². The first kappa shape index (κ1) is 18.6. The van der Waals surface area contributed by atoms with E-state index in [2.05, 4.69) is 25.3 Å². The molecule has 0 bridgehead atoms. The molecule has 6 N–H and O–H groups in total. The molecule has 0 atom stereocenters. The minimum absolute atomic E-state index is 0.226. The number of benzene rings is 2. The van der Waals surface area contributed by atoms with Crippen LogP contribution in [0, 0.1) is 0 Å². The van der Waals surface area contributed by atoms with Crippen LogP contribution in [-0.4, -0.2) is 38.9 Å². The second-order valence-corrected chi connectivity index (χ2v) is 7.65. The summed E-state index contributed by atoms with van der Waals surface area (Å²) in [5.74, 6) is -0.226. The van der Waals surface area contributed by atoms with Gasteiger partial charge in [-0.15, -0.1) is 0 Å². The summed E-state index contributed by atoms with van der Waals surface area (Å²) in [4.78, 5) is 38.1. The first-order valence-corrected chi connectivity index (χ1v) is 9.80. The predicted molar refractivity (Wildman–Crippen MR) is 110 cm³/mol. The van der Waals surface area contributed by atoms with E-state index in [1.165, 1.54) is 11.8 Å². The molecule has 28 heavy (non-hydrogen) atoms. The van der Waals surface area contributed by atoms with Crippen molar-refractivity contribution in [2.75, 3.05) is 13.1 Å². The molecule has 4 rings (SSSR count). The lowest BCUT2D eigenvalue weighted by atomic mass is 10.2. The first-order chi connectivity index (χ1) is 13.5. The van der Waals surface area contributed by atoms with Gasteiger partial charge in [0.2, 0.25) is 0 Å². The average molecular weight is 417 g/mol. The molecule has 0 unspecified atom stereocenters. The van der Waals surface area contributed by atoms with Gasteiger partial charge >= 0.3 is 5.69 Å². The third-order valence-corrected chi connectivity index (χ3v) is 5.31. The highest BCUT2D eigenvalue weighted by molar-refractivity contribution is 7.99. The third kappa shape index (κ3) is 3.77. The quantitative estimate of drug-likeness (QED) is 0.308. The van der Waals surface area contributed by atoms with E-state index in [1.807, 2.05) is 6.07 Å². The van der Waals surface area contributed by atoms with Gasteiger partial charge in [0.1, 0.15) is 0 Å². The van der Waals surface area contributed by atoms with Crippen molar-refractivity contribution >= 4 is 51.3 Å². The summed E-state index contributed by atoms with van der Waals surface area (Å²) in [5.41, 5.74) is 8.33. The van der Waals surface area contributed by atoms with Crippen LogP contribution in [0.2, 0.25) is 5.02 Å². The Labute approximate surface area is 168 Å². The van der Waals surface area contributed by atoms with Gasteiger partial charge in [0.05, 0.1) is 22.1 Å². The monoisotopic (exact) mass is 416 g/mol. The van der Waals surface area contributed by atoms with Gasteiger partial charge in [-0.25, -0.2) is 9.78 Å². The van der Waals surface area contributed by atoms with E-state index < -0.39 is 0 Å². The summed E-state index contributed by atoms with van der Waals surface area (Å²) in [5, 5.41) is 4.06. The SMILES string of the molecule is NCCCNC(=O)c1cc(Sc2nc3ccc(Cl)cc3[nH]2)c2[nH]c(=O)[nH]c2c1. The fourth-order valence-electron chi connectivity index (χ4n) is 2.84. The molecule has 10 heteroatoms. The number of amides is 1. The van der Waals surface area contributed by atoms with Gasteiger partial charge in [0, 0.05) is 22.0 Å². The highest BCUT2D eigenvalue weighted by Gasteiger charge is 2.15.